The van der Waals surface area contributed by atoms with Gasteiger partial charge in [0.25, 0.3) is 0 Å². The summed E-state index contributed by atoms with van der Waals surface area (Å²) in [6, 6.07) is 4.70. The summed E-state index contributed by atoms with van der Waals surface area (Å²) in [6.45, 7) is 0. The molecule has 2 aromatic heterocycles. The van der Waals surface area contributed by atoms with Crippen molar-refractivity contribution in [3.05, 3.63) is 49.1 Å². The molecule has 122 valence electrons. The van der Waals surface area contributed by atoms with Crippen molar-refractivity contribution >= 4 is 11.5 Å². The Kier molecular flexibility index (Phi) is 4.46. The molecule has 3 aromatic rings. The van der Waals surface area contributed by atoms with Crippen molar-refractivity contribution < 1.29 is 13.9 Å². The molecule has 0 spiro atoms. The third-order valence-corrected chi connectivity index (χ3v) is 3.29. The smallest absolute Gasteiger partial charge is 0.188 e. The van der Waals surface area contributed by atoms with Gasteiger partial charge in [0.15, 0.2) is 11.6 Å². The highest BCUT2D eigenvalue weighted by Crippen LogP contribution is 2.34. The van der Waals surface area contributed by atoms with E-state index in [4.69, 9.17) is 9.47 Å². The fourth-order valence-corrected chi connectivity index (χ4v) is 2.12. The molecule has 1 aromatic carbocycles. The van der Waals surface area contributed by atoms with E-state index in [0.29, 0.717) is 22.8 Å². The first-order chi connectivity index (χ1) is 11.7. The first kappa shape index (κ1) is 15.6. The van der Waals surface area contributed by atoms with Crippen LogP contribution in [0.15, 0.2) is 43.2 Å². The number of rotatable bonds is 5. The van der Waals surface area contributed by atoms with Gasteiger partial charge in [-0.15, -0.1) is 0 Å². The Morgan fingerprint density at radius 2 is 1.88 bits per heavy atom. The Bertz CT molecular complexity index is 845. The molecular weight excluding hydrogens is 313 g/mol. The number of benzene rings is 1. The van der Waals surface area contributed by atoms with Gasteiger partial charge in [-0.2, -0.15) is 0 Å². The highest BCUT2D eigenvalue weighted by molar-refractivity contribution is 5.76. The zero-order valence-electron chi connectivity index (χ0n) is 13.0. The van der Waals surface area contributed by atoms with E-state index in [9.17, 15) is 4.39 Å². The van der Waals surface area contributed by atoms with Crippen LogP contribution in [0.2, 0.25) is 0 Å². The molecule has 0 aliphatic heterocycles. The van der Waals surface area contributed by atoms with Crippen molar-refractivity contribution in [3.8, 4) is 22.8 Å². The summed E-state index contributed by atoms with van der Waals surface area (Å²) in [4.78, 5) is 16.2. The molecule has 0 aliphatic rings. The number of aromatic nitrogens is 4. The second-order valence-corrected chi connectivity index (χ2v) is 4.70. The number of nitrogens with one attached hydrogen (secondary N) is 1. The van der Waals surface area contributed by atoms with Crippen LogP contribution >= 0.6 is 0 Å². The van der Waals surface area contributed by atoms with Crippen LogP contribution < -0.4 is 14.8 Å². The zero-order valence-corrected chi connectivity index (χ0v) is 13.0. The van der Waals surface area contributed by atoms with Gasteiger partial charge in [-0.25, -0.2) is 24.3 Å². The SMILES string of the molecule is COc1cc(Nc2ncncc2-c2ccncn2)c(F)c(OC)c1. The van der Waals surface area contributed by atoms with Gasteiger partial charge in [-0.05, 0) is 6.07 Å². The van der Waals surface area contributed by atoms with E-state index in [0.717, 1.165) is 0 Å². The second kappa shape index (κ2) is 6.86. The minimum Gasteiger partial charge on any atom is -0.497 e. The van der Waals surface area contributed by atoms with Crippen molar-refractivity contribution in [2.75, 3.05) is 19.5 Å². The normalized spacial score (nSPS) is 10.3. The lowest BCUT2D eigenvalue weighted by molar-refractivity contribution is 0.375. The minimum absolute atomic E-state index is 0.0643. The highest BCUT2D eigenvalue weighted by atomic mass is 19.1. The molecule has 0 aliphatic carbocycles. The Hall–Kier alpha value is -3.29. The zero-order chi connectivity index (χ0) is 16.9. The molecule has 0 fully saturated rings. The number of methoxy groups -OCH3 is 2. The maximum Gasteiger partial charge on any atom is 0.188 e. The maximum absolute atomic E-state index is 14.5. The van der Waals surface area contributed by atoms with Crippen LogP contribution in [0.25, 0.3) is 11.3 Å². The number of anilines is 2. The van der Waals surface area contributed by atoms with Crippen LogP contribution in [0.3, 0.4) is 0 Å². The molecule has 0 atom stereocenters. The van der Waals surface area contributed by atoms with Gasteiger partial charge in [-0.1, -0.05) is 0 Å². The summed E-state index contributed by atoms with van der Waals surface area (Å²) >= 11 is 0. The Morgan fingerprint density at radius 1 is 1.04 bits per heavy atom. The van der Waals surface area contributed by atoms with Crippen LogP contribution in [0.4, 0.5) is 15.9 Å². The van der Waals surface area contributed by atoms with Crippen molar-refractivity contribution in [3.63, 3.8) is 0 Å². The van der Waals surface area contributed by atoms with E-state index in [1.807, 2.05) is 0 Å². The highest BCUT2D eigenvalue weighted by Gasteiger charge is 2.15. The summed E-state index contributed by atoms with van der Waals surface area (Å²) in [5, 5.41) is 2.94. The lowest BCUT2D eigenvalue weighted by atomic mass is 10.2. The van der Waals surface area contributed by atoms with Crippen molar-refractivity contribution in [1.82, 2.24) is 19.9 Å². The van der Waals surface area contributed by atoms with Crippen LogP contribution in [-0.4, -0.2) is 34.2 Å². The van der Waals surface area contributed by atoms with Gasteiger partial charge in [0.05, 0.1) is 31.2 Å². The van der Waals surface area contributed by atoms with Crippen molar-refractivity contribution in [1.29, 1.82) is 0 Å². The molecule has 2 heterocycles. The maximum atomic E-state index is 14.5. The van der Waals surface area contributed by atoms with E-state index < -0.39 is 5.82 Å². The molecule has 0 saturated carbocycles. The van der Waals surface area contributed by atoms with E-state index in [1.54, 1.807) is 18.5 Å². The Balaban J connectivity index is 2.04. The van der Waals surface area contributed by atoms with Crippen LogP contribution in [0.1, 0.15) is 0 Å². The van der Waals surface area contributed by atoms with Gasteiger partial charge in [-0.3, -0.25) is 0 Å². The van der Waals surface area contributed by atoms with Crippen LogP contribution in [0.5, 0.6) is 11.5 Å². The van der Waals surface area contributed by atoms with E-state index in [2.05, 4.69) is 25.3 Å². The van der Waals surface area contributed by atoms with E-state index in [1.165, 1.54) is 39.0 Å². The first-order valence-corrected chi connectivity index (χ1v) is 6.98. The number of halogens is 1. The first-order valence-electron chi connectivity index (χ1n) is 6.98. The largest absolute Gasteiger partial charge is 0.497 e. The molecule has 3 rings (SSSR count). The minimum atomic E-state index is -0.550. The fourth-order valence-electron chi connectivity index (χ4n) is 2.12. The summed E-state index contributed by atoms with van der Waals surface area (Å²) in [5.41, 5.74) is 1.39. The van der Waals surface area contributed by atoms with E-state index in [-0.39, 0.29) is 11.4 Å². The molecule has 1 N–H and O–H groups in total. The molecule has 0 saturated heterocycles. The van der Waals surface area contributed by atoms with Gasteiger partial charge < -0.3 is 14.8 Å². The monoisotopic (exact) mass is 327 g/mol. The lowest BCUT2D eigenvalue weighted by Crippen LogP contribution is -2.02. The topological polar surface area (TPSA) is 82.0 Å². The van der Waals surface area contributed by atoms with Gasteiger partial charge in [0.1, 0.15) is 24.2 Å². The average Bonchev–Trinajstić information content (AvgIpc) is 2.64. The second-order valence-electron chi connectivity index (χ2n) is 4.70. The molecule has 0 bridgehead atoms. The number of hydrogen-bond donors (Lipinski definition) is 1. The molecule has 0 radical (unpaired) electrons. The third-order valence-electron chi connectivity index (χ3n) is 3.29. The van der Waals surface area contributed by atoms with Crippen molar-refractivity contribution in [2.24, 2.45) is 0 Å². The predicted molar refractivity (Wildman–Crippen MR) is 85.8 cm³/mol. The van der Waals surface area contributed by atoms with Gasteiger partial charge in [0, 0.05) is 24.5 Å². The lowest BCUT2D eigenvalue weighted by Gasteiger charge is -2.13. The number of hydrogen-bond acceptors (Lipinski definition) is 7. The summed E-state index contributed by atoms with van der Waals surface area (Å²) in [6.07, 6.45) is 5.98. The molecule has 0 unspecified atom stereocenters. The molecule has 7 nitrogen and oxygen atoms in total. The summed E-state index contributed by atoms with van der Waals surface area (Å²) < 4.78 is 24.7. The Morgan fingerprint density at radius 3 is 2.58 bits per heavy atom. The van der Waals surface area contributed by atoms with E-state index >= 15 is 0 Å². The third kappa shape index (κ3) is 3.07. The van der Waals surface area contributed by atoms with Crippen LogP contribution in [0, 0.1) is 5.82 Å². The molecule has 0 amide bonds. The predicted octanol–water partition coefficient (Wildman–Crippen LogP) is 2.83. The number of nitrogens with zero attached hydrogens (tertiary/aromatic N) is 4. The number of ether oxygens (including phenoxy) is 2. The standard InChI is InChI=1S/C16H14FN5O2/c1-23-10-5-13(15(17)14(6-10)24-2)22-16-11(7-19-9-21-16)12-3-4-18-8-20-12/h3-9H,1-2H3,(H,19,21,22). The van der Waals surface area contributed by atoms with Crippen LogP contribution in [-0.2, 0) is 0 Å². The summed E-state index contributed by atoms with van der Waals surface area (Å²) in [5.74, 6) is 0.367. The summed E-state index contributed by atoms with van der Waals surface area (Å²) in [7, 11) is 2.88. The van der Waals surface area contributed by atoms with Gasteiger partial charge in [0.2, 0.25) is 0 Å². The quantitative estimate of drug-likeness (QED) is 0.771. The molecule has 8 heteroatoms. The average molecular weight is 327 g/mol. The van der Waals surface area contributed by atoms with Gasteiger partial charge >= 0.3 is 0 Å². The molecule has 24 heavy (non-hydrogen) atoms. The Labute approximate surface area is 137 Å². The van der Waals surface area contributed by atoms with Crippen molar-refractivity contribution in [2.45, 2.75) is 0 Å². The fraction of sp³-hybridized carbons (Fsp3) is 0.125. The molecular formula is C16H14FN5O2.